The van der Waals surface area contributed by atoms with Gasteiger partial charge in [-0.15, -0.1) is 0 Å². The first-order chi connectivity index (χ1) is 10.4. The van der Waals surface area contributed by atoms with E-state index in [4.69, 9.17) is 19.2 Å². The van der Waals surface area contributed by atoms with E-state index in [0.29, 0.717) is 23.7 Å². The molecule has 1 aliphatic carbocycles. The predicted octanol–water partition coefficient (Wildman–Crippen LogP) is 4.49. The second-order valence-corrected chi connectivity index (χ2v) is 8.90. The van der Waals surface area contributed by atoms with Gasteiger partial charge in [0.05, 0.1) is 0 Å². The second-order valence-electron chi connectivity index (χ2n) is 7.71. The molecule has 1 spiro atoms. The highest BCUT2D eigenvalue weighted by atomic mass is 79.9. The van der Waals surface area contributed by atoms with Gasteiger partial charge in [-0.25, -0.2) is 9.78 Å². The normalized spacial score (nSPS) is 56.0. The van der Waals surface area contributed by atoms with Gasteiger partial charge in [0.15, 0.2) is 5.60 Å². The van der Waals surface area contributed by atoms with E-state index in [1.807, 2.05) is 13.8 Å². The Balaban J connectivity index is 1.84. The molecule has 0 radical (unpaired) electrons. The van der Waals surface area contributed by atoms with Crippen molar-refractivity contribution in [2.45, 2.75) is 71.1 Å². The van der Waals surface area contributed by atoms with Crippen molar-refractivity contribution in [1.82, 2.24) is 0 Å². The Kier molecular flexibility index (Phi) is 3.47. The summed E-state index contributed by atoms with van der Waals surface area (Å²) >= 11 is 3.61. The number of ether oxygens (including phenoxy) is 2. The molecule has 0 N–H and O–H groups in total. The van der Waals surface area contributed by atoms with Crippen LogP contribution < -0.4 is 0 Å². The van der Waals surface area contributed by atoms with Gasteiger partial charge in [0, 0.05) is 28.7 Å². The van der Waals surface area contributed by atoms with Crippen LogP contribution in [0.5, 0.6) is 0 Å². The summed E-state index contributed by atoms with van der Waals surface area (Å²) in [5.74, 6) is 2.04. The molecule has 0 aromatic carbocycles. The quantitative estimate of drug-likeness (QED) is 0.586. The van der Waals surface area contributed by atoms with E-state index >= 15 is 0 Å². The van der Waals surface area contributed by atoms with E-state index < -0.39 is 11.4 Å². The van der Waals surface area contributed by atoms with Crippen LogP contribution in [0.2, 0.25) is 0 Å². The first kappa shape index (κ1) is 15.4. The molecule has 7 atom stereocenters. The zero-order valence-corrected chi connectivity index (χ0v) is 15.3. The molecule has 4 saturated heterocycles. The summed E-state index contributed by atoms with van der Waals surface area (Å²) in [6, 6.07) is 0. The van der Waals surface area contributed by atoms with Crippen LogP contribution in [0.25, 0.3) is 0 Å². The van der Waals surface area contributed by atoms with Crippen molar-refractivity contribution in [3.63, 3.8) is 0 Å². The Morgan fingerprint density at radius 1 is 1.14 bits per heavy atom. The number of allylic oxidation sites excluding steroid dienone is 2. The van der Waals surface area contributed by atoms with E-state index in [2.05, 4.69) is 29.8 Å². The average molecular weight is 373 g/mol. The van der Waals surface area contributed by atoms with Gasteiger partial charge in [-0.05, 0) is 39.0 Å². The minimum Gasteiger partial charge on any atom is -0.465 e. The van der Waals surface area contributed by atoms with Crippen LogP contribution in [0, 0.1) is 23.7 Å². The lowest BCUT2D eigenvalue weighted by Crippen LogP contribution is -2.68. The molecule has 5 heteroatoms. The number of rotatable bonds is 0. The lowest BCUT2D eigenvalue weighted by Gasteiger charge is -2.59. The average Bonchev–Trinajstić information content (AvgIpc) is 2.69. The monoisotopic (exact) mass is 372 g/mol. The lowest BCUT2D eigenvalue weighted by molar-refractivity contribution is -0.562. The van der Waals surface area contributed by atoms with Crippen LogP contribution in [-0.2, 0) is 19.2 Å². The highest BCUT2D eigenvalue weighted by Gasteiger charge is 2.69. The van der Waals surface area contributed by atoms with E-state index in [1.165, 1.54) is 6.42 Å². The van der Waals surface area contributed by atoms with Crippen molar-refractivity contribution in [3.8, 4) is 0 Å². The maximum absolute atomic E-state index is 6.32. The molecule has 2 bridgehead atoms. The van der Waals surface area contributed by atoms with Crippen molar-refractivity contribution in [1.29, 1.82) is 0 Å². The molecule has 5 fully saturated rings. The van der Waals surface area contributed by atoms with Crippen LogP contribution in [0.15, 0.2) is 10.2 Å². The number of hydrogen-bond donors (Lipinski definition) is 0. The zero-order valence-electron chi connectivity index (χ0n) is 13.7. The number of fused-ring (bicyclic) bond motifs is 2. The van der Waals surface area contributed by atoms with Crippen molar-refractivity contribution in [2.75, 3.05) is 0 Å². The summed E-state index contributed by atoms with van der Waals surface area (Å²) < 4.78 is 13.7. The maximum atomic E-state index is 6.32. The van der Waals surface area contributed by atoms with Crippen LogP contribution in [0.3, 0.4) is 0 Å². The summed E-state index contributed by atoms with van der Waals surface area (Å²) in [7, 11) is 0. The van der Waals surface area contributed by atoms with Crippen LogP contribution in [0.1, 0.15) is 53.4 Å². The van der Waals surface area contributed by atoms with E-state index in [1.54, 1.807) is 0 Å². The minimum absolute atomic E-state index is 0.306. The van der Waals surface area contributed by atoms with Gasteiger partial charge in [0.25, 0.3) is 0 Å². The lowest BCUT2D eigenvalue weighted by atomic mass is 9.58. The largest absolute Gasteiger partial charge is 0.465 e. The Labute approximate surface area is 140 Å². The molecule has 4 nitrogen and oxygen atoms in total. The zero-order chi connectivity index (χ0) is 15.7. The third-order valence-corrected chi connectivity index (χ3v) is 6.76. The molecule has 5 aliphatic rings. The fraction of sp³-hybridized carbons (Fsp3) is 0.882. The Morgan fingerprint density at radius 2 is 1.91 bits per heavy atom. The Morgan fingerprint density at radius 3 is 2.64 bits per heavy atom. The molecule has 0 aromatic heterocycles. The van der Waals surface area contributed by atoms with Gasteiger partial charge >= 0.3 is 0 Å². The van der Waals surface area contributed by atoms with Gasteiger partial charge in [-0.2, -0.15) is 0 Å². The first-order valence-electron chi connectivity index (χ1n) is 8.45. The van der Waals surface area contributed by atoms with E-state index in [-0.39, 0.29) is 6.29 Å². The highest BCUT2D eigenvalue weighted by molar-refractivity contribution is 9.11. The van der Waals surface area contributed by atoms with Crippen LogP contribution in [0.4, 0.5) is 0 Å². The van der Waals surface area contributed by atoms with Gasteiger partial charge in [-0.1, -0.05) is 29.8 Å². The van der Waals surface area contributed by atoms with Crippen molar-refractivity contribution >= 4 is 15.9 Å². The topological polar surface area (TPSA) is 36.9 Å². The summed E-state index contributed by atoms with van der Waals surface area (Å²) in [6.45, 7) is 8.58. The van der Waals surface area contributed by atoms with Crippen molar-refractivity contribution in [3.05, 3.63) is 10.2 Å². The molecule has 22 heavy (non-hydrogen) atoms. The van der Waals surface area contributed by atoms with Crippen LogP contribution in [-0.4, -0.2) is 17.7 Å². The standard InChI is InChI=1S/C17H25BrO4/c1-9-5-6-13-10(2)14(11(3)18)19-15-17(13)12(9)7-8-16(4,20-15)21-22-17/h9-10,12-13,15H,5-8H2,1-4H3/b14-11+/t9-,10-,12+,13+,15-,16?,17-/m1/s1. The highest BCUT2D eigenvalue weighted by Crippen LogP contribution is 2.61. The fourth-order valence-corrected chi connectivity index (χ4v) is 5.64. The molecule has 0 amide bonds. The first-order valence-corrected chi connectivity index (χ1v) is 9.24. The summed E-state index contributed by atoms with van der Waals surface area (Å²) in [5.41, 5.74) is -0.459. The SMILES string of the molecule is C/C(Br)=C1\O[C@@H]2OC3(C)CC[C@H]4[C@H](C)CC[C@@H]([C@H]1C)[C@@]24OO3. The molecule has 124 valence electrons. The van der Waals surface area contributed by atoms with Crippen molar-refractivity contribution < 1.29 is 19.2 Å². The van der Waals surface area contributed by atoms with Crippen LogP contribution >= 0.6 is 15.9 Å². The molecule has 4 heterocycles. The number of halogens is 1. The van der Waals surface area contributed by atoms with Crippen molar-refractivity contribution in [2.24, 2.45) is 23.7 Å². The second kappa shape index (κ2) is 4.95. The van der Waals surface area contributed by atoms with E-state index in [9.17, 15) is 0 Å². The molecule has 4 aliphatic heterocycles. The molecule has 1 unspecified atom stereocenters. The summed E-state index contributed by atoms with van der Waals surface area (Å²) in [5, 5.41) is 0. The molecule has 0 aromatic rings. The fourth-order valence-electron chi connectivity index (χ4n) is 5.19. The van der Waals surface area contributed by atoms with Gasteiger partial charge in [0.2, 0.25) is 12.1 Å². The summed E-state index contributed by atoms with van der Waals surface area (Å²) in [6.07, 6.45) is 3.93. The summed E-state index contributed by atoms with van der Waals surface area (Å²) in [4.78, 5) is 11.9. The third-order valence-electron chi connectivity index (χ3n) is 6.37. The predicted molar refractivity (Wildman–Crippen MR) is 84.7 cm³/mol. The minimum atomic E-state index is -0.691. The van der Waals surface area contributed by atoms with Gasteiger partial charge in [0.1, 0.15) is 5.76 Å². The molecular formula is C17H25BrO4. The van der Waals surface area contributed by atoms with Gasteiger partial charge in [-0.3, -0.25) is 0 Å². The maximum Gasteiger partial charge on any atom is 0.235 e. The van der Waals surface area contributed by atoms with Gasteiger partial charge < -0.3 is 9.47 Å². The smallest absolute Gasteiger partial charge is 0.235 e. The Hall–Kier alpha value is -0.100. The third kappa shape index (κ3) is 1.92. The number of hydrogen-bond acceptors (Lipinski definition) is 4. The van der Waals surface area contributed by atoms with E-state index in [0.717, 1.165) is 29.5 Å². The molecule has 5 rings (SSSR count). The molecule has 1 saturated carbocycles. The Bertz CT molecular complexity index is 517. The molecular weight excluding hydrogens is 348 g/mol.